The maximum absolute atomic E-state index is 11.6. The summed E-state index contributed by atoms with van der Waals surface area (Å²) in [6.45, 7) is 3.12. The first-order valence-electron chi connectivity index (χ1n) is 4.98. The van der Waals surface area contributed by atoms with E-state index in [1.807, 2.05) is 19.1 Å². The van der Waals surface area contributed by atoms with Crippen LogP contribution < -0.4 is 16.0 Å². The maximum Gasteiger partial charge on any atom is 0.240 e. The molecule has 0 bridgehead atoms. The highest BCUT2D eigenvalue weighted by Crippen LogP contribution is 2.14. The molecule has 0 aliphatic rings. The average Bonchev–Trinajstić information content (AvgIpc) is 2.26. The Bertz CT molecular complexity index is 321. The molecular weight excluding hydrogens is 190 g/mol. The van der Waals surface area contributed by atoms with Gasteiger partial charge in [-0.15, -0.1) is 0 Å². The molecule has 1 rings (SSSR count). The second-order valence-electron chi connectivity index (χ2n) is 3.32. The summed E-state index contributed by atoms with van der Waals surface area (Å²) in [4.78, 5) is 13.2. The molecule has 0 aromatic heterocycles. The molecule has 0 heterocycles. The molecule has 3 N–H and O–H groups in total. The lowest BCUT2D eigenvalue weighted by Crippen LogP contribution is -2.35. The third-order valence-electron chi connectivity index (χ3n) is 2.18. The van der Waals surface area contributed by atoms with E-state index < -0.39 is 0 Å². The minimum Gasteiger partial charge on any atom is -0.399 e. The van der Waals surface area contributed by atoms with Crippen LogP contribution in [0.1, 0.15) is 6.92 Å². The Labute approximate surface area is 90.1 Å². The van der Waals surface area contributed by atoms with Crippen LogP contribution in [0.4, 0.5) is 11.4 Å². The summed E-state index contributed by atoms with van der Waals surface area (Å²) >= 11 is 0. The van der Waals surface area contributed by atoms with Crippen molar-refractivity contribution in [3.63, 3.8) is 0 Å². The molecule has 0 spiro atoms. The molecular formula is C11H17N3O. The second-order valence-corrected chi connectivity index (χ2v) is 3.32. The summed E-state index contributed by atoms with van der Waals surface area (Å²) < 4.78 is 0. The van der Waals surface area contributed by atoms with Crippen molar-refractivity contribution in [3.8, 4) is 0 Å². The van der Waals surface area contributed by atoms with Crippen LogP contribution in [0.25, 0.3) is 0 Å². The Balaban J connectivity index is 2.63. The Morgan fingerprint density at radius 2 is 2.00 bits per heavy atom. The van der Waals surface area contributed by atoms with Gasteiger partial charge in [-0.25, -0.2) is 0 Å². The first-order chi connectivity index (χ1) is 7.15. The van der Waals surface area contributed by atoms with Gasteiger partial charge in [0.15, 0.2) is 0 Å². The van der Waals surface area contributed by atoms with Crippen molar-refractivity contribution in [2.45, 2.75) is 6.92 Å². The predicted molar refractivity (Wildman–Crippen MR) is 62.8 cm³/mol. The number of nitrogen functional groups attached to an aromatic ring is 1. The van der Waals surface area contributed by atoms with Gasteiger partial charge in [-0.1, -0.05) is 6.92 Å². The Kier molecular flexibility index (Phi) is 4.12. The molecule has 0 unspecified atom stereocenters. The molecule has 0 saturated heterocycles. The largest absolute Gasteiger partial charge is 0.399 e. The highest BCUT2D eigenvalue weighted by molar-refractivity contribution is 5.94. The number of hydrogen-bond acceptors (Lipinski definition) is 3. The number of anilines is 2. The quantitative estimate of drug-likeness (QED) is 0.719. The molecule has 1 amide bonds. The van der Waals surface area contributed by atoms with Crippen LogP contribution in [0, 0.1) is 0 Å². The van der Waals surface area contributed by atoms with E-state index >= 15 is 0 Å². The molecule has 0 aliphatic carbocycles. The van der Waals surface area contributed by atoms with Crippen LogP contribution in [-0.2, 0) is 4.79 Å². The van der Waals surface area contributed by atoms with E-state index in [1.165, 1.54) is 0 Å². The summed E-state index contributed by atoms with van der Waals surface area (Å²) in [5, 5.41) is 2.99. The molecule has 82 valence electrons. The zero-order chi connectivity index (χ0) is 11.3. The SMILES string of the molecule is CCNCC(=O)N(C)c1ccc(N)cc1. The third-order valence-corrected chi connectivity index (χ3v) is 2.18. The number of nitrogens with zero attached hydrogens (tertiary/aromatic N) is 1. The zero-order valence-corrected chi connectivity index (χ0v) is 9.16. The van der Waals surface area contributed by atoms with Gasteiger partial charge in [-0.05, 0) is 30.8 Å². The first-order valence-corrected chi connectivity index (χ1v) is 4.98. The smallest absolute Gasteiger partial charge is 0.240 e. The number of carbonyl (C=O) groups is 1. The van der Waals surface area contributed by atoms with E-state index in [0.29, 0.717) is 12.2 Å². The number of hydrogen-bond donors (Lipinski definition) is 2. The fourth-order valence-corrected chi connectivity index (χ4v) is 1.19. The van der Waals surface area contributed by atoms with Gasteiger partial charge in [0.1, 0.15) is 0 Å². The topological polar surface area (TPSA) is 58.4 Å². The summed E-state index contributed by atoms with van der Waals surface area (Å²) in [5.41, 5.74) is 7.12. The van der Waals surface area contributed by atoms with Crippen LogP contribution in [0.5, 0.6) is 0 Å². The number of carbonyl (C=O) groups excluding carboxylic acids is 1. The minimum atomic E-state index is 0.0432. The molecule has 0 aliphatic heterocycles. The number of benzene rings is 1. The van der Waals surface area contributed by atoms with Crippen molar-refractivity contribution in [2.24, 2.45) is 0 Å². The summed E-state index contributed by atoms with van der Waals surface area (Å²) in [7, 11) is 1.76. The molecule has 0 radical (unpaired) electrons. The van der Waals surface area contributed by atoms with Gasteiger partial charge < -0.3 is 16.0 Å². The van der Waals surface area contributed by atoms with Crippen molar-refractivity contribution in [2.75, 3.05) is 30.8 Å². The van der Waals surface area contributed by atoms with Crippen LogP contribution in [0.15, 0.2) is 24.3 Å². The predicted octanol–water partition coefficient (Wildman–Crippen LogP) is 0.841. The van der Waals surface area contributed by atoms with Crippen molar-refractivity contribution < 1.29 is 4.79 Å². The van der Waals surface area contributed by atoms with E-state index in [4.69, 9.17) is 5.73 Å². The summed E-state index contributed by atoms with van der Waals surface area (Å²) in [6.07, 6.45) is 0. The molecule has 0 fully saturated rings. The number of rotatable bonds is 4. The first kappa shape index (κ1) is 11.5. The number of nitrogens with one attached hydrogen (secondary N) is 1. The van der Waals surface area contributed by atoms with Crippen LogP contribution in [0.2, 0.25) is 0 Å². The number of nitrogens with two attached hydrogens (primary N) is 1. The van der Waals surface area contributed by atoms with Crippen molar-refractivity contribution in [1.29, 1.82) is 0 Å². The molecule has 0 atom stereocenters. The van der Waals surface area contributed by atoms with Crippen LogP contribution in [-0.4, -0.2) is 26.0 Å². The highest BCUT2D eigenvalue weighted by Gasteiger charge is 2.09. The molecule has 1 aromatic rings. The van der Waals surface area contributed by atoms with Gasteiger partial charge in [0, 0.05) is 18.4 Å². The van der Waals surface area contributed by atoms with E-state index in [-0.39, 0.29) is 5.91 Å². The van der Waals surface area contributed by atoms with Crippen molar-refractivity contribution in [1.82, 2.24) is 5.32 Å². The van der Waals surface area contributed by atoms with E-state index in [2.05, 4.69) is 5.32 Å². The molecule has 4 nitrogen and oxygen atoms in total. The Morgan fingerprint density at radius 1 is 1.40 bits per heavy atom. The minimum absolute atomic E-state index is 0.0432. The lowest BCUT2D eigenvalue weighted by atomic mass is 10.2. The standard InChI is InChI=1S/C11H17N3O/c1-3-13-8-11(15)14(2)10-6-4-9(12)5-7-10/h4-7,13H,3,8,12H2,1-2H3. The van der Waals surface area contributed by atoms with Gasteiger partial charge in [0.25, 0.3) is 0 Å². The third kappa shape index (κ3) is 3.25. The van der Waals surface area contributed by atoms with Gasteiger partial charge in [0.2, 0.25) is 5.91 Å². The second kappa shape index (κ2) is 5.36. The molecule has 15 heavy (non-hydrogen) atoms. The maximum atomic E-state index is 11.6. The highest BCUT2D eigenvalue weighted by atomic mass is 16.2. The van der Waals surface area contributed by atoms with Gasteiger partial charge in [-0.2, -0.15) is 0 Å². The van der Waals surface area contributed by atoms with Crippen LogP contribution in [0.3, 0.4) is 0 Å². The fourth-order valence-electron chi connectivity index (χ4n) is 1.19. The van der Waals surface area contributed by atoms with Crippen molar-refractivity contribution in [3.05, 3.63) is 24.3 Å². The van der Waals surface area contributed by atoms with Crippen molar-refractivity contribution >= 4 is 17.3 Å². The van der Waals surface area contributed by atoms with Gasteiger partial charge >= 0.3 is 0 Å². The van der Waals surface area contributed by atoms with E-state index in [9.17, 15) is 4.79 Å². The lowest BCUT2D eigenvalue weighted by molar-refractivity contribution is -0.117. The monoisotopic (exact) mass is 207 g/mol. The number of likely N-dealkylation sites (N-methyl/N-ethyl adjacent to an activating group) is 2. The van der Waals surface area contributed by atoms with E-state index in [1.54, 1.807) is 24.1 Å². The summed E-state index contributed by atoms with van der Waals surface area (Å²) in [5.74, 6) is 0.0432. The molecule has 4 heteroatoms. The lowest BCUT2D eigenvalue weighted by Gasteiger charge is -2.17. The average molecular weight is 207 g/mol. The zero-order valence-electron chi connectivity index (χ0n) is 9.16. The number of amides is 1. The van der Waals surface area contributed by atoms with E-state index in [0.717, 1.165) is 12.2 Å². The van der Waals surface area contributed by atoms with Gasteiger partial charge in [0.05, 0.1) is 6.54 Å². The Hall–Kier alpha value is -1.55. The van der Waals surface area contributed by atoms with Gasteiger partial charge in [-0.3, -0.25) is 4.79 Å². The summed E-state index contributed by atoms with van der Waals surface area (Å²) in [6, 6.07) is 7.23. The molecule has 1 aromatic carbocycles. The molecule has 0 saturated carbocycles. The Morgan fingerprint density at radius 3 is 2.53 bits per heavy atom. The normalized spacial score (nSPS) is 10.0. The fraction of sp³-hybridized carbons (Fsp3) is 0.364. The van der Waals surface area contributed by atoms with Crippen LogP contribution >= 0.6 is 0 Å².